The SMILES string of the molecule is CCNC(=O)OC1C(C)=C[C@]23C(=O)[C@@H](C=C(CO)[C@@H](O)[C@]12O)[C@H]1[C@@H](C[C@H]3C)C1(C)C. The highest BCUT2D eigenvalue weighted by molar-refractivity contribution is 5.95. The number of amides is 1. The van der Waals surface area contributed by atoms with Crippen LogP contribution in [-0.2, 0) is 9.53 Å². The molecule has 2 bridgehead atoms. The first kappa shape index (κ1) is 21.5. The predicted molar refractivity (Wildman–Crippen MR) is 109 cm³/mol. The second-order valence-electron chi connectivity index (χ2n) is 10.2. The lowest BCUT2D eigenvalue weighted by atomic mass is 9.59. The zero-order valence-electron chi connectivity index (χ0n) is 18.3. The van der Waals surface area contributed by atoms with Gasteiger partial charge in [0.2, 0.25) is 0 Å². The third-order valence-corrected chi connectivity index (χ3v) is 8.44. The topological polar surface area (TPSA) is 116 Å². The van der Waals surface area contributed by atoms with Crippen molar-refractivity contribution in [3.63, 3.8) is 0 Å². The van der Waals surface area contributed by atoms with Gasteiger partial charge >= 0.3 is 6.09 Å². The fraction of sp³-hybridized carbons (Fsp3) is 0.739. The van der Waals surface area contributed by atoms with E-state index in [2.05, 4.69) is 19.2 Å². The molecule has 2 fully saturated rings. The summed E-state index contributed by atoms with van der Waals surface area (Å²) in [5.41, 5.74) is -2.75. The van der Waals surface area contributed by atoms with Gasteiger partial charge in [0.25, 0.3) is 0 Å². The number of carbonyl (C=O) groups excluding carboxylic acids is 2. The van der Waals surface area contributed by atoms with Crippen LogP contribution in [0.2, 0.25) is 0 Å². The van der Waals surface area contributed by atoms with Crippen molar-refractivity contribution in [2.24, 2.45) is 34.5 Å². The van der Waals surface area contributed by atoms with E-state index in [1.165, 1.54) is 0 Å². The number of fused-ring (bicyclic) bond motifs is 3. The highest BCUT2D eigenvalue weighted by Gasteiger charge is 2.76. The molecule has 4 rings (SSSR count). The van der Waals surface area contributed by atoms with E-state index >= 15 is 0 Å². The molecule has 7 nitrogen and oxygen atoms in total. The number of ether oxygens (including phenoxy) is 1. The maximum absolute atomic E-state index is 14.1. The zero-order chi connectivity index (χ0) is 22.2. The molecule has 166 valence electrons. The standard InChI is InChI=1S/C23H33NO6/c1-6-24-20(28)30-19-11(2)9-22-12(3)7-15-16(21(15,4)5)14(18(22)27)8-13(10-25)17(26)23(19,22)29/h8-9,12,14-17,19,25-26,29H,6-7,10H2,1-5H3,(H,24,28)/t12-,14+,15-,16+,17-,19?,22+,23+/m1/s1. The number of nitrogens with one attached hydrogen (secondary N) is 1. The van der Waals surface area contributed by atoms with Gasteiger partial charge in [0.1, 0.15) is 6.10 Å². The fourth-order valence-electron chi connectivity index (χ4n) is 6.89. The van der Waals surface area contributed by atoms with Crippen LogP contribution in [0.25, 0.3) is 0 Å². The molecule has 0 saturated heterocycles. The van der Waals surface area contributed by atoms with Crippen LogP contribution >= 0.6 is 0 Å². The van der Waals surface area contributed by atoms with Crippen molar-refractivity contribution in [2.45, 2.75) is 58.8 Å². The van der Waals surface area contributed by atoms with Gasteiger partial charge in [-0.05, 0) is 54.6 Å². The van der Waals surface area contributed by atoms with Gasteiger partial charge < -0.3 is 25.4 Å². The Morgan fingerprint density at radius 3 is 2.63 bits per heavy atom. The lowest BCUT2D eigenvalue weighted by Crippen LogP contribution is -2.66. The van der Waals surface area contributed by atoms with Crippen molar-refractivity contribution in [3.8, 4) is 0 Å². The number of ketones is 1. The lowest BCUT2D eigenvalue weighted by molar-refractivity contribution is -0.190. The van der Waals surface area contributed by atoms with Crippen LogP contribution in [0.3, 0.4) is 0 Å². The molecule has 8 atom stereocenters. The van der Waals surface area contributed by atoms with Gasteiger partial charge in [0.05, 0.1) is 12.0 Å². The zero-order valence-corrected chi connectivity index (χ0v) is 18.3. The van der Waals surface area contributed by atoms with Crippen LogP contribution in [0.4, 0.5) is 4.79 Å². The van der Waals surface area contributed by atoms with Crippen molar-refractivity contribution in [1.29, 1.82) is 0 Å². The minimum atomic E-state index is -2.08. The fourth-order valence-corrected chi connectivity index (χ4v) is 6.89. The van der Waals surface area contributed by atoms with Gasteiger partial charge in [-0.25, -0.2) is 4.79 Å². The minimum Gasteiger partial charge on any atom is -0.438 e. The van der Waals surface area contributed by atoms with Gasteiger partial charge in [-0.15, -0.1) is 0 Å². The molecule has 1 spiro atoms. The number of alkyl carbamates (subject to hydrolysis) is 1. The molecule has 0 aromatic rings. The Morgan fingerprint density at radius 1 is 1.37 bits per heavy atom. The molecular formula is C23H33NO6. The summed E-state index contributed by atoms with van der Waals surface area (Å²) in [5.74, 6) is -0.519. The Balaban J connectivity index is 1.90. The maximum atomic E-state index is 14.1. The molecule has 1 unspecified atom stereocenters. The van der Waals surface area contributed by atoms with Crippen LogP contribution in [0, 0.1) is 34.5 Å². The molecule has 7 heteroatoms. The van der Waals surface area contributed by atoms with Crippen molar-refractivity contribution in [2.75, 3.05) is 13.2 Å². The molecule has 30 heavy (non-hydrogen) atoms. The highest BCUT2D eigenvalue weighted by atomic mass is 16.6. The third kappa shape index (κ3) is 2.43. The second kappa shape index (κ2) is 6.65. The molecule has 4 aliphatic rings. The Morgan fingerprint density at radius 2 is 2.03 bits per heavy atom. The molecule has 4 N–H and O–H groups in total. The average molecular weight is 420 g/mol. The molecule has 0 radical (unpaired) electrons. The van der Waals surface area contributed by atoms with E-state index in [4.69, 9.17) is 4.74 Å². The van der Waals surface area contributed by atoms with Crippen LogP contribution in [-0.4, -0.2) is 58.2 Å². The number of rotatable bonds is 3. The molecule has 4 aliphatic carbocycles. The van der Waals surface area contributed by atoms with Crippen LogP contribution in [0.15, 0.2) is 23.3 Å². The summed E-state index contributed by atoms with van der Waals surface area (Å²) in [6.45, 7) is 9.56. The third-order valence-electron chi connectivity index (χ3n) is 8.44. The van der Waals surface area contributed by atoms with Gasteiger partial charge in [-0.2, -0.15) is 0 Å². The molecule has 0 aromatic carbocycles. The number of allylic oxidation sites excluding steroid dienone is 1. The predicted octanol–water partition coefficient (Wildman–Crippen LogP) is 1.57. The van der Waals surface area contributed by atoms with Crippen molar-refractivity contribution < 1.29 is 29.6 Å². The van der Waals surface area contributed by atoms with Crippen LogP contribution in [0.5, 0.6) is 0 Å². The maximum Gasteiger partial charge on any atom is 0.407 e. The number of aliphatic hydroxyl groups is 3. The average Bonchev–Trinajstić information content (AvgIpc) is 3.16. The van der Waals surface area contributed by atoms with E-state index < -0.39 is 41.8 Å². The highest BCUT2D eigenvalue weighted by Crippen LogP contribution is 2.71. The van der Waals surface area contributed by atoms with E-state index in [1.807, 2.05) is 6.92 Å². The van der Waals surface area contributed by atoms with Crippen molar-refractivity contribution in [1.82, 2.24) is 5.32 Å². The van der Waals surface area contributed by atoms with Crippen LogP contribution < -0.4 is 5.32 Å². The monoisotopic (exact) mass is 419 g/mol. The number of carbonyl (C=O) groups is 2. The van der Waals surface area contributed by atoms with E-state index in [0.717, 1.165) is 6.42 Å². The first-order valence-corrected chi connectivity index (χ1v) is 10.9. The summed E-state index contributed by atoms with van der Waals surface area (Å²) in [7, 11) is 0. The van der Waals surface area contributed by atoms with E-state index in [9.17, 15) is 24.9 Å². The first-order chi connectivity index (χ1) is 14.0. The molecule has 0 heterocycles. The summed E-state index contributed by atoms with van der Waals surface area (Å²) in [6.07, 6.45) is 0.677. The summed E-state index contributed by atoms with van der Waals surface area (Å²) in [6, 6.07) is 0. The molecule has 0 aliphatic heterocycles. The summed E-state index contributed by atoms with van der Waals surface area (Å²) < 4.78 is 5.57. The Labute approximate surface area is 177 Å². The minimum absolute atomic E-state index is 0.0189. The van der Waals surface area contributed by atoms with Gasteiger partial charge in [0.15, 0.2) is 17.5 Å². The van der Waals surface area contributed by atoms with Crippen LogP contribution in [0.1, 0.15) is 41.0 Å². The number of hydrogen-bond acceptors (Lipinski definition) is 6. The van der Waals surface area contributed by atoms with Gasteiger partial charge in [-0.1, -0.05) is 32.9 Å². The molecule has 0 aromatic heterocycles. The number of aliphatic hydroxyl groups excluding tert-OH is 2. The smallest absolute Gasteiger partial charge is 0.407 e. The first-order valence-electron chi connectivity index (χ1n) is 10.9. The molecule has 1 amide bonds. The van der Waals surface area contributed by atoms with Gasteiger partial charge in [-0.3, -0.25) is 4.79 Å². The van der Waals surface area contributed by atoms with E-state index in [-0.39, 0.29) is 28.6 Å². The van der Waals surface area contributed by atoms with E-state index in [0.29, 0.717) is 18.0 Å². The number of hydrogen-bond donors (Lipinski definition) is 4. The Hall–Kier alpha value is -1.70. The van der Waals surface area contributed by atoms with Crippen molar-refractivity contribution in [3.05, 3.63) is 23.3 Å². The lowest BCUT2D eigenvalue weighted by Gasteiger charge is -2.48. The largest absolute Gasteiger partial charge is 0.438 e. The Kier molecular flexibility index (Phi) is 4.77. The van der Waals surface area contributed by atoms with Gasteiger partial charge in [0, 0.05) is 12.5 Å². The summed E-state index contributed by atoms with van der Waals surface area (Å²) in [5, 5.41) is 36.0. The summed E-state index contributed by atoms with van der Waals surface area (Å²) in [4.78, 5) is 26.4. The molecular weight excluding hydrogens is 386 g/mol. The second-order valence-corrected chi connectivity index (χ2v) is 10.2. The normalized spacial score (nSPS) is 45.9. The van der Waals surface area contributed by atoms with E-state index in [1.54, 1.807) is 26.0 Å². The summed E-state index contributed by atoms with van der Waals surface area (Å²) >= 11 is 0. The van der Waals surface area contributed by atoms with Crippen molar-refractivity contribution >= 4 is 11.9 Å². The Bertz CT molecular complexity index is 847. The molecule has 2 saturated carbocycles. The number of Topliss-reactive ketones (excluding diaryl/α,β-unsaturated/α-hetero) is 1. The quantitative estimate of drug-likeness (QED) is 0.516.